The number of carbonyl (C=O) groups excluding carboxylic acids is 4. The molecule has 2 aromatic heterocycles. The van der Waals surface area contributed by atoms with Gasteiger partial charge in [-0.3, -0.25) is 9.59 Å². The fourth-order valence-corrected chi connectivity index (χ4v) is 6.89. The van der Waals surface area contributed by atoms with Gasteiger partial charge in [-0.05, 0) is 61.8 Å². The Bertz CT molecular complexity index is 1050. The van der Waals surface area contributed by atoms with E-state index in [-0.39, 0.29) is 9.75 Å². The van der Waals surface area contributed by atoms with Crippen molar-refractivity contribution in [3.63, 3.8) is 0 Å². The number of ether oxygens (including phenoxy) is 2. The zero-order chi connectivity index (χ0) is 32.2. The molecule has 2 aromatic rings. The lowest BCUT2D eigenvalue weighted by molar-refractivity contribution is 0.0419. The molecule has 6 nitrogen and oxygen atoms in total. The van der Waals surface area contributed by atoms with Crippen molar-refractivity contribution in [2.75, 3.05) is 13.2 Å². The smallest absolute Gasteiger partial charge is 0.348 e. The predicted octanol–water partition coefficient (Wildman–Crippen LogP) is 10.7. The fraction of sp³-hybridized carbons (Fsp3) is 0.667. The van der Waals surface area contributed by atoms with Crippen molar-refractivity contribution in [2.24, 2.45) is 11.8 Å². The number of ketones is 2. The van der Waals surface area contributed by atoms with Gasteiger partial charge in [-0.1, -0.05) is 105 Å². The molecule has 246 valence electrons. The van der Waals surface area contributed by atoms with Crippen molar-refractivity contribution >= 4 is 46.2 Å². The van der Waals surface area contributed by atoms with Gasteiger partial charge in [0.25, 0.3) is 0 Å². The summed E-state index contributed by atoms with van der Waals surface area (Å²) in [5.41, 5.74) is 0. The Kier molecular flexibility index (Phi) is 19.1. The van der Waals surface area contributed by atoms with Crippen molar-refractivity contribution in [1.29, 1.82) is 0 Å². The van der Waals surface area contributed by atoms with E-state index in [1.54, 1.807) is 12.1 Å². The van der Waals surface area contributed by atoms with E-state index < -0.39 is 23.5 Å². The molecule has 0 saturated carbocycles. The molecule has 2 unspecified atom stereocenters. The molecule has 0 amide bonds. The van der Waals surface area contributed by atoms with E-state index in [2.05, 4.69) is 27.7 Å². The highest BCUT2D eigenvalue weighted by Gasteiger charge is 2.25. The zero-order valence-corrected chi connectivity index (χ0v) is 29.1. The van der Waals surface area contributed by atoms with E-state index in [9.17, 15) is 19.2 Å². The summed E-state index contributed by atoms with van der Waals surface area (Å²) in [6.45, 7) is 9.46. The van der Waals surface area contributed by atoms with Crippen LogP contribution >= 0.6 is 22.7 Å². The summed E-state index contributed by atoms with van der Waals surface area (Å²) >= 11 is 1.95. The van der Waals surface area contributed by atoms with Crippen LogP contribution in [0, 0.1) is 11.8 Å². The molecule has 0 radical (unpaired) electrons. The summed E-state index contributed by atoms with van der Waals surface area (Å²) < 4.78 is 11.3. The lowest BCUT2D eigenvalue weighted by Gasteiger charge is -2.16. The van der Waals surface area contributed by atoms with E-state index >= 15 is 0 Å². The molecule has 0 bridgehead atoms. The summed E-state index contributed by atoms with van der Waals surface area (Å²) in [4.78, 5) is 52.4. The number of hydrogen-bond donors (Lipinski definition) is 0. The van der Waals surface area contributed by atoms with Gasteiger partial charge in [-0.15, -0.1) is 22.7 Å². The third-order valence-electron chi connectivity index (χ3n) is 8.03. The second-order valence-electron chi connectivity index (χ2n) is 11.9. The molecule has 44 heavy (non-hydrogen) atoms. The third kappa shape index (κ3) is 13.8. The summed E-state index contributed by atoms with van der Waals surface area (Å²) in [5, 5.41) is 0. The maximum Gasteiger partial charge on any atom is 0.348 e. The van der Waals surface area contributed by atoms with Crippen molar-refractivity contribution in [3.05, 3.63) is 43.8 Å². The molecule has 2 heterocycles. The highest BCUT2D eigenvalue weighted by Crippen LogP contribution is 2.25. The molecule has 0 spiro atoms. The largest absolute Gasteiger partial charge is 0.461 e. The van der Waals surface area contributed by atoms with Crippen LogP contribution in [0.2, 0.25) is 0 Å². The Hall–Kier alpha value is -2.32. The number of esters is 2. The molecule has 0 aliphatic carbocycles. The maximum absolute atomic E-state index is 13.0. The lowest BCUT2D eigenvalue weighted by Crippen LogP contribution is -2.14. The summed E-state index contributed by atoms with van der Waals surface area (Å²) in [6, 6.07) is 6.09. The first-order valence-corrected chi connectivity index (χ1v) is 18.6. The number of thiophene rings is 2. The Labute approximate surface area is 273 Å². The molecule has 8 heteroatoms. The van der Waals surface area contributed by atoms with Gasteiger partial charge in [0, 0.05) is 0 Å². The Morgan fingerprint density at radius 1 is 0.500 bits per heavy atom. The predicted molar refractivity (Wildman–Crippen MR) is 181 cm³/mol. The first-order valence-electron chi connectivity index (χ1n) is 17.0. The van der Waals surface area contributed by atoms with E-state index in [0.717, 1.165) is 86.9 Å². The van der Waals surface area contributed by atoms with Crippen LogP contribution in [0.3, 0.4) is 0 Å². The molecular weight excluding hydrogens is 593 g/mol. The zero-order valence-electron chi connectivity index (χ0n) is 27.5. The van der Waals surface area contributed by atoms with Crippen molar-refractivity contribution in [3.8, 4) is 0 Å². The monoisotopic (exact) mass is 646 g/mol. The quantitative estimate of drug-likeness (QED) is 0.0462. The molecule has 2 atom stereocenters. The Balaban J connectivity index is 1.91. The van der Waals surface area contributed by atoms with Gasteiger partial charge in [0.05, 0.1) is 23.0 Å². The molecule has 2 rings (SSSR count). The van der Waals surface area contributed by atoms with Gasteiger partial charge in [0.15, 0.2) is 0 Å². The summed E-state index contributed by atoms with van der Waals surface area (Å²) in [7, 11) is 0. The second kappa shape index (κ2) is 22.2. The molecule has 0 aromatic carbocycles. The Morgan fingerprint density at radius 3 is 1.20 bits per heavy atom. The minimum atomic E-state index is -0.695. The van der Waals surface area contributed by atoms with Crippen LogP contribution in [-0.2, 0) is 9.47 Å². The van der Waals surface area contributed by atoms with Crippen LogP contribution < -0.4 is 0 Å². The van der Waals surface area contributed by atoms with Gasteiger partial charge in [0.2, 0.25) is 11.6 Å². The molecular formula is C36H54O6S2. The second-order valence-corrected chi connectivity index (χ2v) is 14.1. The van der Waals surface area contributed by atoms with E-state index in [4.69, 9.17) is 9.47 Å². The molecule has 0 aliphatic heterocycles. The van der Waals surface area contributed by atoms with E-state index in [0.29, 0.717) is 34.8 Å². The van der Waals surface area contributed by atoms with Crippen molar-refractivity contribution in [1.82, 2.24) is 0 Å². The van der Waals surface area contributed by atoms with Crippen LogP contribution in [-0.4, -0.2) is 36.7 Å². The number of hydrogen-bond acceptors (Lipinski definition) is 8. The molecule has 0 N–H and O–H groups in total. The SMILES string of the molecule is CCCCCCC(CCCC)COC(=O)c1ccc(C(=O)C(=O)c2ccc(C(=O)OCC(CCCC)CCCCCC)s2)s1. The van der Waals surface area contributed by atoms with Gasteiger partial charge in [0.1, 0.15) is 9.75 Å². The number of unbranched alkanes of at least 4 members (excludes halogenated alkanes) is 8. The highest BCUT2D eigenvalue weighted by molar-refractivity contribution is 7.19. The molecule has 0 aliphatic rings. The van der Waals surface area contributed by atoms with E-state index in [1.807, 2.05) is 0 Å². The number of rotatable bonds is 25. The molecule has 0 saturated heterocycles. The van der Waals surface area contributed by atoms with Crippen LogP contribution in [0.25, 0.3) is 0 Å². The summed E-state index contributed by atoms with van der Waals surface area (Å²) in [6.07, 6.45) is 18.1. The van der Waals surface area contributed by atoms with Gasteiger partial charge >= 0.3 is 11.9 Å². The maximum atomic E-state index is 13.0. The van der Waals surface area contributed by atoms with Crippen LogP contribution in [0.4, 0.5) is 0 Å². The Morgan fingerprint density at radius 2 is 0.841 bits per heavy atom. The van der Waals surface area contributed by atoms with E-state index in [1.165, 1.54) is 50.7 Å². The minimum Gasteiger partial charge on any atom is -0.461 e. The average molecular weight is 647 g/mol. The average Bonchev–Trinajstić information content (AvgIpc) is 3.73. The minimum absolute atomic E-state index is 0.184. The topological polar surface area (TPSA) is 86.7 Å². The third-order valence-corrected chi connectivity index (χ3v) is 10.2. The lowest BCUT2D eigenvalue weighted by atomic mass is 9.96. The standard InChI is InChI=1S/C36H54O6S2/c1-5-9-13-15-19-27(17-11-7-3)25-41-35(39)31-23-21-29(43-31)33(37)34(38)30-22-24-32(44-30)36(40)42-26-28(18-12-8-4)20-16-14-10-6-2/h21-24,27-28H,5-20,25-26H2,1-4H3. The van der Waals surface area contributed by atoms with Crippen molar-refractivity contribution in [2.45, 2.75) is 130 Å². The van der Waals surface area contributed by atoms with Gasteiger partial charge in [-0.25, -0.2) is 9.59 Å². The normalized spacial score (nSPS) is 12.5. The number of Topliss-reactive ketones (excluding diaryl/α,β-unsaturated/α-hetero) is 2. The van der Waals surface area contributed by atoms with Gasteiger partial charge < -0.3 is 9.47 Å². The van der Waals surface area contributed by atoms with Crippen LogP contribution in [0.1, 0.15) is 169 Å². The van der Waals surface area contributed by atoms with Gasteiger partial charge in [-0.2, -0.15) is 0 Å². The van der Waals surface area contributed by atoms with Crippen molar-refractivity contribution < 1.29 is 28.7 Å². The van der Waals surface area contributed by atoms with Crippen LogP contribution in [0.5, 0.6) is 0 Å². The highest BCUT2D eigenvalue weighted by atomic mass is 32.1. The first-order chi connectivity index (χ1) is 21.3. The summed E-state index contributed by atoms with van der Waals surface area (Å²) in [5.74, 6) is -1.63. The first kappa shape index (κ1) is 37.9. The van der Waals surface area contributed by atoms with Crippen LogP contribution in [0.15, 0.2) is 24.3 Å². The number of carbonyl (C=O) groups is 4. The fourth-order valence-electron chi connectivity index (χ4n) is 5.22. The molecule has 0 fully saturated rings.